The third-order valence-corrected chi connectivity index (χ3v) is 4.88. The highest BCUT2D eigenvalue weighted by atomic mass is 32.2. The molecule has 27 heavy (non-hydrogen) atoms. The van der Waals surface area contributed by atoms with Crippen LogP contribution in [0.25, 0.3) is 0 Å². The van der Waals surface area contributed by atoms with Gasteiger partial charge >= 0.3 is 0 Å². The molecule has 0 fully saturated rings. The summed E-state index contributed by atoms with van der Waals surface area (Å²) in [4.78, 5) is 31.3. The first-order valence-electron chi connectivity index (χ1n) is 8.13. The number of halogens is 1. The van der Waals surface area contributed by atoms with E-state index in [1.165, 1.54) is 30.0 Å². The van der Waals surface area contributed by atoms with Gasteiger partial charge in [0.1, 0.15) is 11.5 Å². The lowest BCUT2D eigenvalue weighted by molar-refractivity contribution is 0.102. The Bertz CT molecular complexity index is 1020. The van der Waals surface area contributed by atoms with Gasteiger partial charge in [-0.05, 0) is 24.6 Å². The van der Waals surface area contributed by atoms with Crippen molar-refractivity contribution < 1.29 is 9.18 Å². The molecule has 0 radical (unpaired) electrons. The summed E-state index contributed by atoms with van der Waals surface area (Å²) in [7, 11) is 0. The molecule has 0 saturated carbocycles. The number of anilines is 2. The zero-order valence-electron chi connectivity index (χ0n) is 14.4. The molecule has 0 aliphatic heterocycles. The zero-order valence-corrected chi connectivity index (χ0v) is 15.2. The van der Waals surface area contributed by atoms with E-state index in [9.17, 15) is 14.0 Å². The van der Waals surface area contributed by atoms with Crippen molar-refractivity contribution in [3.8, 4) is 0 Å². The normalized spacial score (nSPS) is 11.8. The summed E-state index contributed by atoms with van der Waals surface area (Å²) in [5.41, 5.74) is 5.92. The van der Waals surface area contributed by atoms with E-state index < -0.39 is 17.3 Å². The summed E-state index contributed by atoms with van der Waals surface area (Å²) >= 11 is 1.33. The first-order valence-corrected chi connectivity index (χ1v) is 9.01. The van der Waals surface area contributed by atoms with E-state index in [-0.39, 0.29) is 22.3 Å². The lowest BCUT2D eigenvalue weighted by Crippen LogP contribution is -2.23. The van der Waals surface area contributed by atoms with Gasteiger partial charge in [0.15, 0.2) is 11.0 Å². The Morgan fingerprint density at radius 1 is 1.19 bits per heavy atom. The maximum absolute atomic E-state index is 13.7. The number of aromatic nitrogens is 2. The molecule has 8 heteroatoms. The van der Waals surface area contributed by atoms with Gasteiger partial charge in [-0.3, -0.25) is 14.6 Å². The van der Waals surface area contributed by atoms with Crippen LogP contribution < -0.4 is 16.6 Å². The Labute approximate surface area is 159 Å². The quantitative estimate of drug-likeness (QED) is 0.461. The Morgan fingerprint density at radius 2 is 1.85 bits per heavy atom. The van der Waals surface area contributed by atoms with Crippen molar-refractivity contribution >= 4 is 29.2 Å². The minimum absolute atomic E-state index is 0.0348. The average molecular weight is 384 g/mol. The molecule has 0 bridgehead atoms. The van der Waals surface area contributed by atoms with Crippen LogP contribution in [0.5, 0.6) is 0 Å². The topological polar surface area (TPSA) is 101 Å². The van der Waals surface area contributed by atoms with E-state index in [1.807, 2.05) is 37.3 Å². The summed E-state index contributed by atoms with van der Waals surface area (Å²) in [6.45, 7) is 1.98. The maximum atomic E-state index is 13.7. The molecule has 0 spiro atoms. The van der Waals surface area contributed by atoms with E-state index in [0.29, 0.717) is 5.16 Å². The van der Waals surface area contributed by atoms with Crippen molar-refractivity contribution in [1.82, 2.24) is 9.97 Å². The predicted molar refractivity (Wildman–Crippen MR) is 104 cm³/mol. The summed E-state index contributed by atoms with van der Waals surface area (Å²) < 4.78 is 13.7. The zero-order chi connectivity index (χ0) is 19.4. The van der Waals surface area contributed by atoms with Crippen molar-refractivity contribution in [1.29, 1.82) is 0 Å². The second-order valence-corrected chi connectivity index (χ2v) is 7.07. The summed E-state index contributed by atoms with van der Waals surface area (Å²) in [6, 6.07) is 15.2. The molecule has 6 nitrogen and oxygen atoms in total. The molecule has 0 aliphatic carbocycles. The van der Waals surface area contributed by atoms with Crippen LogP contribution in [0.2, 0.25) is 0 Å². The fourth-order valence-corrected chi connectivity index (χ4v) is 3.36. The lowest BCUT2D eigenvalue weighted by atomic mass is 10.2. The number of hydrogen-bond acceptors (Lipinski definition) is 5. The number of nitrogens with two attached hydrogens (primary N) is 1. The van der Waals surface area contributed by atoms with Crippen molar-refractivity contribution in [3.05, 3.63) is 81.9 Å². The number of thioether (sulfide) groups is 1. The van der Waals surface area contributed by atoms with Gasteiger partial charge in [-0.2, -0.15) is 0 Å². The van der Waals surface area contributed by atoms with Crippen LogP contribution in [0.4, 0.5) is 15.9 Å². The van der Waals surface area contributed by atoms with E-state index in [1.54, 1.807) is 0 Å². The van der Waals surface area contributed by atoms with Crippen molar-refractivity contribution in [2.45, 2.75) is 17.3 Å². The number of rotatable bonds is 5. The fourth-order valence-electron chi connectivity index (χ4n) is 2.43. The van der Waals surface area contributed by atoms with E-state index >= 15 is 0 Å². The molecule has 1 amide bonds. The second-order valence-electron chi connectivity index (χ2n) is 5.74. The molecule has 4 N–H and O–H groups in total. The first-order chi connectivity index (χ1) is 13.0. The second kappa shape index (κ2) is 8.05. The number of aromatic amines is 1. The van der Waals surface area contributed by atoms with Crippen LogP contribution in [0.1, 0.15) is 28.1 Å². The minimum atomic E-state index is -0.773. The van der Waals surface area contributed by atoms with Gasteiger partial charge in [0.05, 0.1) is 5.56 Å². The number of carbonyl (C=O) groups excluding carboxylic acids is 1. The van der Waals surface area contributed by atoms with Crippen molar-refractivity contribution in [3.63, 3.8) is 0 Å². The van der Waals surface area contributed by atoms with Crippen LogP contribution >= 0.6 is 11.8 Å². The standard InChI is InChI=1S/C19H17FN4O2S/c1-11(12-7-3-2-4-8-12)27-19-23-16(21)15(18(26)24-19)22-17(25)13-9-5-6-10-14(13)20/h2-11H,1H3,(H,22,25)(H3,21,23,24,26)/t11-/m0/s1. The Hall–Kier alpha value is -3.13. The van der Waals surface area contributed by atoms with Gasteiger partial charge in [0.25, 0.3) is 11.5 Å². The molecular formula is C19H17FN4O2S. The number of benzene rings is 2. The highest BCUT2D eigenvalue weighted by molar-refractivity contribution is 7.99. The molecular weight excluding hydrogens is 367 g/mol. The molecule has 138 valence electrons. The van der Waals surface area contributed by atoms with Crippen LogP contribution in [-0.2, 0) is 0 Å². The molecule has 1 heterocycles. The first kappa shape index (κ1) is 18.7. The number of H-pyrrole nitrogens is 1. The number of nitrogens with zero attached hydrogens (tertiary/aromatic N) is 1. The summed E-state index contributed by atoms with van der Waals surface area (Å²) in [5.74, 6) is -1.60. The van der Waals surface area contributed by atoms with Gasteiger partial charge in [-0.15, -0.1) is 0 Å². The molecule has 1 atom stereocenters. The van der Waals surface area contributed by atoms with E-state index in [4.69, 9.17) is 5.73 Å². The number of nitrogen functional groups attached to an aromatic ring is 1. The predicted octanol–water partition coefficient (Wildman–Crippen LogP) is 3.60. The molecule has 1 aromatic heterocycles. The summed E-state index contributed by atoms with van der Waals surface area (Å²) in [5, 5.41) is 2.69. The summed E-state index contributed by atoms with van der Waals surface area (Å²) in [6.07, 6.45) is 0. The molecule has 2 aromatic carbocycles. The Morgan fingerprint density at radius 3 is 2.52 bits per heavy atom. The number of nitrogens with one attached hydrogen (secondary N) is 2. The number of carbonyl (C=O) groups is 1. The van der Waals surface area contributed by atoms with Crippen LogP contribution in [0, 0.1) is 5.82 Å². The van der Waals surface area contributed by atoms with Gasteiger partial charge in [0.2, 0.25) is 0 Å². The van der Waals surface area contributed by atoms with Crippen molar-refractivity contribution in [2.24, 2.45) is 0 Å². The number of amides is 1. The largest absolute Gasteiger partial charge is 0.382 e. The third kappa shape index (κ3) is 4.35. The fraction of sp³-hybridized carbons (Fsp3) is 0.105. The van der Waals surface area contributed by atoms with E-state index in [2.05, 4.69) is 15.3 Å². The van der Waals surface area contributed by atoms with Crippen LogP contribution in [0.15, 0.2) is 64.5 Å². The Kier molecular flexibility index (Phi) is 5.56. The number of hydrogen-bond donors (Lipinski definition) is 3. The smallest absolute Gasteiger partial charge is 0.277 e. The van der Waals surface area contributed by atoms with E-state index in [0.717, 1.165) is 11.6 Å². The molecule has 0 unspecified atom stereocenters. The molecule has 3 aromatic rings. The van der Waals surface area contributed by atoms with Gasteiger partial charge < -0.3 is 11.1 Å². The maximum Gasteiger partial charge on any atom is 0.277 e. The van der Waals surface area contributed by atoms with Gasteiger partial charge in [-0.25, -0.2) is 9.37 Å². The van der Waals surface area contributed by atoms with Gasteiger partial charge in [-0.1, -0.05) is 54.2 Å². The highest BCUT2D eigenvalue weighted by Crippen LogP contribution is 2.32. The highest BCUT2D eigenvalue weighted by Gasteiger charge is 2.17. The monoisotopic (exact) mass is 384 g/mol. The SMILES string of the molecule is C[C@H](Sc1nc(N)c(NC(=O)c2ccccc2F)c(=O)[nH]1)c1ccccc1. The van der Waals surface area contributed by atoms with Crippen LogP contribution in [0.3, 0.4) is 0 Å². The third-order valence-electron chi connectivity index (χ3n) is 3.84. The van der Waals surface area contributed by atoms with Gasteiger partial charge in [0, 0.05) is 5.25 Å². The Balaban J connectivity index is 1.80. The van der Waals surface area contributed by atoms with Crippen molar-refractivity contribution in [2.75, 3.05) is 11.1 Å². The minimum Gasteiger partial charge on any atom is -0.382 e. The molecule has 3 rings (SSSR count). The molecule has 0 saturated heterocycles. The van der Waals surface area contributed by atoms with Crippen LogP contribution in [-0.4, -0.2) is 15.9 Å². The lowest BCUT2D eigenvalue weighted by Gasteiger charge is -2.12. The average Bonchev–Trinajstić information content (AvgIpc) is 2.65. The molecule has 0 aliphatic rings.